The van der Waals surface area contributed by atoms with Gasteiger partial charge >= 0.3 is 0 Å². The van der Waals surface area contributed by atoms with Gasteiger partial charge in [0.1, 0.15) is 5.82 Å². The van der Waals surface area contributed by atoms with E-state index in [1.807, 2.05) is 43.3 Å². The first-order chi connectivity index (χ1) is 8.16. The van der Waals surface area contributed by atoms with Gasteiger partial charge in [0.2, 0.25) is 0 Å². The molecule has 0 radical (unpaired) electrons. The number of pyridine rings is 1. The number of nitrogen functional groups attached to an aromatic ring is 1. The SMILES string of the molecule is Cc1ccc(N)c(NCc2ccccc2Cl)n1. The van der Waals surface area contributed by atoms with E-state index in [1.165, 1.54) is 0 Å². The Morgan fingerprint density at radius 3 is 2.76 bits per heavy atom. The van der Waals surface area contributed by atoms with Crippen molar-refractivity contribution in [1.29, 1.82) is 0 Å². The number of hydrogen-bond donors (Lipinski definition) is 2. The number of anilines is 2. The minimum Gasteiger partial charge on any atom is -0.396 e. The summed E-state index contributed by atoms with van der Waals surface area (Å²) in [4.78, 5) is 4.34. The van der Waals surface area contributed by atoms with Crippen molar-refractivity contribution in [2.24, 2.45) is 0 Å². The molecule has 4 heteroatoms. The molecule has 0 aliphatic carbocycles. The molecule has 3 nitrogen and oxygen atoms in total. The topological polar surface area (TPSA) is 50.9 Å². The maximum Gasteiger partial charge on any atom is 0.149 e. The summed E-state index contributed by atoms with van der Waals surface area (Å²) < 4.78 is 0. The van der Waals surface area contributed by atoms with E-state index in [2.05, 4.69) is 10.3 Å². The first kappa shape index (κ1) is 11.7. The lowest BCUT2D eigenvalue weighted by atomic mass is 10.2. The molecule has 0 amide bonds. The lowest BCUT2D eigenvalue weighted by Crippen LogP contribution is -2.05. The number of aromatic nitrogens is 1. The zero-order valence-electron chi connectivity index (χ0n) is 9.57. The average molecular weight is 248 g/mol. The van der Waals surface area contributed by atoms with Gasteiger partial charge in [0, 0.05) is 17.3 Å². The van der Waals surface area contributed by atoms with Gasteiger partial charge in [0.15, 0.2) is 0 Å². The third kappa shape index (κ3) is 2.88. The van der Waals surface area contributed by atoms with Gasteiger partial charge in [-0.15, -0.1) is 0 Å². The summed E-state index contributed by atoms with van der Waals surface area (Å²) >= 11 is 6.07. The van der Waals surface area contributed by atoms with E-state index in [-0.39, 0.29) is 0 Å². The fourth-order valence-corrected chi connectivity index (χ4v) is 1.73. The Bertz CT molecular complexity index is 526. The molecule has 1 heterocycles. The van der Waals surface area contributed by atoms with Gasteiger partial charge in [-0.2, -0.15) is 0 Å². The lowest BCUT2D eigenvalue weighted by molar-refractivity contribution is 1.09. The molecule has 1 aromatic heterocycles. The van der Waals surface area contributed by atoms with Crippen LogP contribution in [0.5, 0.6) is 0 Å². The van der Waals surface area contributed by atoms with E-state index in [0.717, 1.165) is 16.3 Å². The molecule has 3 N–H and O–H groups in total. The molecule has 17 heavy (non-hydrogen) atoms. The van der Waals surface area contributed by atoms with Crippen molar-refractivity contribution in [2.75, 3.05) is 11.1 Å². The number of hydrogen-bond acceptors (Lipinski definition) is 3. The lowest BCUT2D eigenvalue weighted by Gasteiger charge is -2.10. The monoisotopic (exact) mass is 247 g/mol. The molecule has 0 fully saturated rings. The highest BCUT2D eigenvalue weighted by Gasteiger charge is 2.02. The predicted molar refractivity (Wildman–Crippen MR) is 72.2 cm³/mol. The van der Waals surface area contributed by atoms with Crippen LogP contribution in [0.15, 0.2) is 36.4 Å². The minimum absolute atomic E-state index is 0.611. The van der Waals surface area contributed by atoms with Crippen LogP contribution in [-0.4, -0.2) is 4.98 Å². The third-order valence-corrected chi connectivity index (χ3v) is 2.84. The Kier molecular flexibility index (Phi) is 3.49. The summed E-state index contributed by atoms with van der Waals surface area (Å²) in [6.45, 7) is 2.54. The third-order valence-electron chi connectivity index (χ3n) is 2.47. The van der Waals surface area contributed by atoms with Crippen molar-refractivity contribution in [3.63, 3.8) is 0 Å². The van der Waals surface area contributed by atoms with E-state index < -0.39 is 0 Å². The quantitative estimate of drug-likeness (QED) is 0.876. The van der Waals surface area contributed by atoms with Gasteiger partial charge in [0.05, 0.1) is 5.69 Å². The fraction of sp³-hybridized carbons (Fsp3) is 0.154. The van der Waals surface area contributed by atoms with Crippen LogP contribution in [0.3, 0.4) is 0 Å². The summed E-state index contributed by atoms with van der Waals surface area (Å²) in [6.07, 6.45) is 0. The van der Waals surface area contributed by atoms with E-state index in [4.69, 9.17) is 17.3 Å². The molecule has 0 aliphatic rings. The van der Waals surface area contributed by atoms with Crippen LogP contribution in [0.2, 0.25) is 5.02 Å². The maximum absolute atomic E-state index is 6.07. The van der Waals surface area contributed by atoms with E-state index in [1.54, 1.807) is 0 Å². The Labute approximate surface area is 106 Å². The Hall–Kier alpha value is -1.74. The van der Waals surface area contributed by atoms with Crippen molar-refractivity contribution in [3.8, 4) is 0 Å². The first-order valence-corrected chi connectivity index (χ1v) is 5.75. The highest BCUT2D eigenvalue weighted by atomic mass is 35.5. The first-order valence-electron chi connectivity index (χ1n) is 5.37. The van der Waals surface area contributed by atoms with Gasteiger partial charge in [0.25, 0.3) is 0 Å². The van der Waals surface area contributed by atoms with Crippen LogP contribution in [-0.2, 0) is 6.54 Å². The molecule has 0 spiro atoms. The molecule has 2 aromatic rings. The standard InChI is InChI=1S/C13H14ClN3/c1-9-6-7-12(15)13(17-9)16-8-10-4-2-3-5-11(10)14/h2-7H,8,15H2,1H3,(H,16,17). The molecule has 1 aromatic carbocycles. The van der Waals surface area contributed by atoms with Gasteiger partial charge in [-0.05, 0) is 30.7 Å². The van der Waals surface area contributed by atoms with Gasteiger partial charge in [-0.25, -0.2) is 4.98 Å². The van der Waals surface area contributed by atoms with Crippen LogP contribution in [0.4, 0.5) is 11.5 Å². The highest BCUT2D eigenvalue weighted by Crippen LogP contribution is 2.19. The number of benzene rings is 1. The van der Waals surface area contributed by atoms with Crippen LogP contribution in [0.25, 0.3) is 0 Å². The van der Waals surface area contributed by atoms with Crippen LogP contribution in [0.1, 0.15) is 11.3 Å². The zero-order valence-corrected chi connectivity index (χ0v) is 10.3. The number of halogens is 1. The van der Waals surface area contributed by atoms with Gasteiger partial charge in [-0.3, -0.25) is 0 Å². The number of nitrogens with zero attached hydrogens (tertiary/aromatic N) is 1. The second-order valence-corrected chi connectivity index (χ2v) is 4.24. The number of nitrogens with two attached hydrogens (primary N) is 1. The molecule has 0 atom stereocenters. The smallest absolute Gasteiger partial charge is 0.149 e. The molecule has 0 saturated carbocycles. The highest BCUT2D eigenvalue weighted by molar-refractivity contribution is 6.31. The molecule has 0 saturated heterocycles. The molecule has 0 bridgehead atoms. The summed E-state index contributed by atoms with van der Waals surface area (Å²) in [5.74, 6) is 0.699. The molecular formula is C13H14ClN3. The predicted octanol–water partition coefficient (Wildman–Crippen LogP) is 3.24. The van der Waals surface area contributed by atoms with Crippen molar-refractivity contribution in [2.45, 2.75) is 13.5 Å². The van der Waals surface area contributed by atoms with Crippen LogP contribution in [0, 0.1) is 6.92 Å². The Morgan fingerprint density at radius 1 is 1.24 bits per heavy atom. The van der Waals surface area contributed by atoms with E-state index in [0.29, 0.717) is 18.1 Å². The summed E-state index contributed by atoms with van der Waals surface area (Å²) in [7, 11) is 0. The van der Waals surface area contributed by atoms with Crippen molar-refractivity contribution in [3.05, 3.63) is 52.7 Å². The van der Waals surface area contributed by atoms with E-state index >= 15 is 0 Å². The molecule has 0 unspecified atom stereocenters. The summed E-state index contributed by atoms with van der Waals surface area (Å²) in [5, 5.41) is 3.93. The van der Waals surface area contributed by atoms with Gasteiger partial charge < -0.3 is 11.1 Å². The minimum atomic E-state index is 0.611. The zero-order chi connectivity index (χ0) is 12.3. The van der Waals surface area contributed by atoms with Crippen LogP contribution < -0.4 is 11.1 Å². The molecule has 2 rings (SSSR count). The van der Waals surface area contributed by atoms with Crippen LogP contribution >= 0.6 is 11.6 Å². The van der Waals surface area contributed by atoms with Crippen molar-refractivity contribution < 1.29 is 0 Å². The molecule has 0 aliphatic heterocycles. The van der Waals surface area contributed by atoms with Crippen molar-refractivity contribution in [1.82, 2.24) is 4.98 Å². The van der Waals surface area contributed by atoms with Crippen molar-refractivity contribution >= 4 is 23.1 Å². The number of aryl methyl sites for hydroxylation is 1. The summed E-state index contributed by atoms with van der Waals surface area (Å²) in [6, 6.07) is 11.4. The largest absolute Gasteiger partial charge is 0.396 e. The van der Waals surface area contributed by atoms with E-state index in [9.17, 15) is 0 Å². The second-order valence-electron chi connectivity index (χ2n) is 3.84. The number of nitrogens with one attached hydrogen (secondary N) is 1. The maximum atomic E-state index is 6.07. The Balaban J connectivity index is 2.12. The summed E-state index contributed by atoms with van der Waals surface area (Å²) in [5.41, 5.74) is 8.43. The average Bonchev–Trinajstić information content (AvgIpc) is 2.32. The fourth-order valence-electron chi connectivity index (χ4n) is 1.53. The Morgan fingerprint density at radius 2 is 2.00 bits per heavy atom. The second kappa shape index (κ2) is 5.06. The number of rotatable bonds is 3. The molecular weight excluding hydrogens is 234 g/mol. The molecule has 88 valence electrons. The van der Waals surface area contributed by atoms with Gasteiger partial charge in [-0.1, -0.05) is 29.8 Å². The normalized spacial score (nSPS) is 10.2.